The normalized spacial score (nSPS) is 9.00. The fourth-order valence-corrected chi connectivity index (χ4v) is 1.46. The Balaban J connectivity index is 0.000000171. The molecule has 0 saturated carbocycles. The van der Waals surface area contributed by atoms with Crippen LogP contribution >= 0.6 is 0 Å². The first-order valence-corrected chi connectivity index (χ1v) is 5.91. The highest BCUT2D eigenvalue weighted by Crippen LogP contribution is 2.00. The number of hydrogen-bond donors (Lipinski definition) is 0. The molecule has 0 aromatic heterocycles. The number of rotatable bonds is 3. The Morgan fingerprint density at radius 1 is 0.882 bits per heavy atom. The quantitative estimate of drug-likeness (QED) is 0.719. The zero-order chi connectivity index (χ0) is 12.3. The molecule has 0 atom stereocenters. The van der Waals surface area contributed by atoms with Crippen molar-refractivity contribution in [2.45, 2.75) is 19.8 Å². The molecule has 0 heterocycles. The minimum atomic E-state index is 0.729. The topological polar surface area (TPSA) is 17.1 Å². The Kier molecular flexibility index (Phi) is 6.42. The zero-order valence-corrected chi connectivity index (χ0v) is 10.2. The third kappa shape index (κ3) is 5.67. The standard InChI is InChI=1S/C9H12.C7H6O/c1-2-6-9-7-4-3-5-8-9;8-6-7-4-2-1-3-5-7/h3-5,7-8H,2,6H2,1H3;1-6H. The van der Waals surface area contributed by atoms with Gasteiger partial charge >= 0.3 is 0 Å². The predicted octanol–water partition coefficient (Wildman–Crippen LogP) is 4.14. The van der Waals surface area contributed by atoms with E-state index in [1.165, 1.54) is 18.4 Å². The number of carbonyl (C=O) groups excluding carboxylic acids is 1. The van der Waals surface area contributed by atoms with Crippen molar-refractivity contribution in [1.82, 2.24) is 0 Å². The van der Waals surface area contributed by atoms with Crippen molar-refractivity contribution in [1.29, 1.82) is 0 Å². The fourth-order valence-electron chi connectivity index (χ4n) is 1.46. The Bertz CT molecular complexity index is 406. The highest BCUT2D eigenvalue weighted by atomic mass is 16.1. The van der Waals surface area contributed by atoms with Crippen LogP contribution in [0.15, 0.2) is 60.7 Å². The molecule has 0 radical (unpaired) electrons. The van der Waals surface area contributed by atoms with Crippen molar-refractivity contribution in [2.24, 2.45) is 0 Å². The second-order valence-electron chi connectivity index (χ2n) is 3.76. The average molecular weight is 226 g/mol. The van der Waals surface area contributed by atoms with Gasteiger partial charge in [-0.2, -0.15) is 0 Å². The summed E-state index contributed by atoms with van der Waals surface area (Å²) < 4.78 is 0. The first-order valence-electron chi connectivity index (χ1n) is 5.91. The molecule has 0 spiro atoms. The lowest BCUT2D eigenvalue weighted by molar-refractivity contribution is 0.112. The van der Waals surface area contributed by atoms with Crippen molar-refractivity contribution in [3.63, 3.8) is 0 Å². The Morgan fingerprint density at radius 2 is 1.41 bits per heavy atom. The lowest BCUT2D eigenvalue weighted by Crippen LogP contribution is -1.78. The molecule has 0 N–H and O–H groups in total. The maximum absolute atomic E-state index is 10.0. The molecule has 0 unspecified atom stereocenters. The van der Waals surface area contributed by atoms with Gasteiger partial charge < -0.3 is 0 Å². The number of aryl methyl sites for hydroxylation is 1. The summed E-state index contributed by atoms with van der Waals surface area (Å²) in [5.74, 6) is 0. The van der Waals surface area contributed by atoms with Gasteiger partial charge in [-0.3, -0.25) is 4.79 Å². The van der Waals surface area contributed by atoms with Crippen LogP contribution in [-0.2, 0) is 6.42 Å². The highest BCUT2D eigenvalue weighted by molar-refractivity contribution is 5.74. The first kappa shape index (κ1) is 13.2. The molecule has 0 bridgehead atoms. The Morgan fingerprint density at radius 3 is 1.82 bits per heavy atom. The number of aldehydes is 1. The van der Waals surface area contributed by atoms with E-state index in [0.29, 0.717) is 0 Å². The van der Waals surface area contributed by atoms with E-state index in [-0.39, 0.29) is 0 Å². The van der Waals surface area contributed by atoms with Gasteiger partial charge in [-0.05, 0) is 12.0 Å². The van der Waals surface area contributed by atoms with E-state index in [1.807, 2.05) is 18.2 Å². The Labute approximate surface area is 103 Å². The molecular weight excluding hydrogens is 208 g/mol. The first-order chi connectivity index (χ1) is 8.36. The minimum absolute atomic E-state index is 0.729. The second-order valence-corrected chi connectivity index (χ2v) is 3.76. The SMILES string of the molecule is CCCc1ccccc1.O=Cc1ccccc1. The lowest BCUT2D eigenvalue weighted by atomic mass is 10.1. The zero-order valence-electron chi connectivity index (χ0n) is 10.2. The maximum atomic E-state index is 10.0. The smallest absolute Gasteiger partial charge is 0.150 e. The van der Waals surface area contributed by atoms with Crippen molar-refractivity contribution in [3.05, 3.63) is 71.8 Å². The summed E-state index contributed by atoms with van der Waals surface area (Å²) in [5, 5.41) is 0. The van der Waals surface area contributed by atoms with Crippen LogP contribution in [0, 0.1) is 0 Å². The molecule has 17 heavy (non-hydrogen) atoms. The van der Waals surface area contributed by atoms with E-state index in [9.17, 15) is 4.79 Å². The summed E-state index contributed by atoms with van der Waals surface area (Å²) in [6, 6.07) is 19.7. The molecule has 2 aromatic rings. The molecule has 2 aromatic carbocycles. The third-order valence-corrected chi connectivity index (χ3v) is 2.32. The van der Waals surface area contributed by atoms with Gasteiger partial charge in [0, 0.05) is 5.56 Å². The Hall–Kier alpha value is -1.89. The molecule has 1 heteroatoms. The summed E-state index contributed by atoms with van der Waals surface area (Å²) >= 11 is 0. The molecule has 2 rings (SSSR count). The second kappa shape index (κ2) is 8.28. The van der Waals surface area contributed by atoms with Crippen LogP contribution in [-0.4, -0.2) is 6.29 Å². The van der Waals surface area contributed by atoms with E-state index in [4.69, 9.17) is 0 Å². The van der Waals surface area contributed by atoms with Gasteiger partial charge in [-0.15, -0.1) is 0 Å². The van der Waals surface area contributed by atoms with Crippen LogP contribution in [0.4, 0.5) is 0 Å². The van der Waals surface area contributed by atoms with Gasteiger partial charge in [0.05, 0.1) is 0 Å². The van der Waals surface area contributed by atoms with E-state index in [2.05, 4.69) is 37.3 Å². The summed E-state index contributed by atoms with van der Waals surface area (Å²) in [4.78, 5) is 10.0. The van der Waals surface area contributed by atoms with Crippen molar-refractivity contribution < 1.29 is 4.79 Å². The average Bonchev–Trinajstić information content (AvgIpc) is 2.42. The van der Waals surface area contributed by atoms with E-state index in [0.717, 1.165) is 11.8 Å². The van der Waals surface area contributed by atoms with Gasteiger partial charge in [0.2, 0.25) is 0 Å². The van der Waals surface area contributed by atoms with Crippen molar-refractivity contribution in [3.8, 4) is 0 Å². The summed E-state index contributed by atoms with van der Waals surface area (Å²) in [6.07, 6.45) is 3.28. The van der Waals surface area contributed by atoms with Crippen LogP contribution < -0.4 is 0 Å². The molecule has 0 amide bonds. The van der Waals surface area contributed by atoms with Crippen LogP contribution in [0.2, 0.25) is 0 Å². The monoisotopic (exact) mass is 226 g/mol. The number of hydrogen-bond acceptors (Lipinski definition) is 1. The van der Waals surface area contributed by atoms with Gasteiger partial charge in [0.1, 0.15) is 6.29 Å². The van der Waals surface area contributed by atoms with Gasteiger partial charge in [-0.25, -0.2) is 0 Å². The molecule has 0 aliphatic heterocycles. The van der Waals surface area contributed by atoms with Crippen LogP contribution in [0.25, 0.3) is 0 Å². The maximum Gasteiger partial charge on any atom is 0.150 e. The van der Waals surface area contributed by atoms with E-state index in [1.54, 1.807) is 12.1 Å². The minimum Gasteiger partial charge on any atom is -0.298 e. The molecule has 0 saturated heterocycles. The van der Waals surface area contributed by atoms with E-state index < -0.39 is 0 Å². The van der Waals surface area contributed by atoms with Gasteiger partial charge in [-0.1, -0.05) is 74.0 Å². The van der Waals surface area contributed by atoms with Crippen LogP contribution in [0.5, 0.6) is 0 Å². The van der Waals surface area contributed by atoms with Crippen LogP contribution in [0.1, 0.15) is 29.3 Å². The molecule has 1 nitrogen and oxygen atoms in total. The summed E-state index contributed by atoms with van der Waals surface area (Å²) in [5.41, 5.74) is 2.17. The van der Waals surface area contributed by atoms with Crippen LogP contribution in [0.3, 0.4) is 0 Å². The number of carbonyl (C=O) groups is 1. The lowest BCUT2D eigenvalue weighted by Gasteiger charge is -1.93. The van der Waals surface area contributed by atoms with E-state index >= 15 is 0 Å². The molecule has 88 valence electrons. The fraction of sp³-hybridized carbons (Fsp3) is 0.188. The highest BCUT2D eigenvalue weighted by Gasteiger charge is 1.84. The van der Waals surface area contributed by atoms with Gasteiger partial charge in [0.15, 0.2) is 0 Å². The van der Waals surface area contributed by atoms with Crippen molar-refractivity contribution in [2.75, 3.05) is 0 Å². The summed E-state index contributed by atoms with van der Waals surface area (Å²) in [7, 11) is 0. The number of benzene rings is 2. The molecular formula is C16H18O. The molecule has 0 aliphatic carbocycles. The largest absolute Gasteiger partial charge is 0.298 e. The summed E-state index contributed by atoms with van der Waals surface area (Å²) in [6.45, 7) is 2.20. The third-order valence-electron chi connectivity index (χ3n) is 2.32. The molecule has 0 aliphatic rings. The van der Waals surface area contributed by atoms with Gasteiger partial charge in [0.25, 0.3) is 0 Å². The molecule has 0 fully saturated rings. The predicted molar refractivity (Wildman–Crippen MR) is 72.3 cm³/mol. The van der Waals surface area contributed by atoms with Crippen molar-refractivity contribution >= 4 is 6.29 Å².